The summed E-state index contributed by atoms with van der Waals surface area (Å²) in [5.41, 5.74) is 8.20. The quantitative estimate of drug-likeness (QED) is 0.0628. The number of hydrogen-bond donors (Lipinski definition) is 1. The van der Waals surface area contributed by atoms with E-state index in [2.05, 4.69) is 134 Å². The van der Waals surface area contributed by atoms with Crippen molar-refractivity contribution in [2.45, 2.75) is 55.4 Å². The summed E-state index contributed by atoms with van der Waals surface area (Å²) < 4.78 is 0. The van der Waals surface area contributed by atoms with E-state index >= 15 is 0 Å². The Morgan fingerprint density at radius 1 is 0.565 bits per heavy atom. The third-order valence-corrected chi connectivity index (χ3v) is 10.7. The van der Waals surface area contributed by atoms with E-state index < -0.39 is 0 Å². The molecule has 0 aliphatic rings. The molecule has 4 nitrogen and oxygen atoms in total. The fourth-order valence-corrected chi connectivity index (χ4v) is 7.32. The van der Waals surface area contributed by atoms with Gasteiger partial charge < -0.3 is 35.2 Å². The van der Waals surface area contributed by atoms with Crippen LogP contribution in [-0.2, 0) is 20.1 Å². The largest absolute Gasteiger partial charge is 3.00 e. The van der Waals surface area contributed by atoms with E-state index in [1.165, 1.54) is 65.9 Å². The van der Waals surface area contributed by atoms with Crippen molar-refractivity contribution >= 4 is 48.9 Å². The predicted octanol–water partition coefficient (Wildman–Crippen LogP) is 15.1. The first-order valence-corrected chi connectivity index (χ1v) is 20.8. The fourth-order valence-electron chi connectivity index (χ4n) is 7.32. The van der Waals surface area contributed by atoms with Crippen LogP contribution in [0.2, 0.25) is 0 Å². The molecule has 316 valence electrons. The average molecular weight is 990 g/mol. The fraction of sp³-hybridized carbons (Fsp3) is 0.175. The summed E-state index contributed by atoms with van der Waals surface area (Å²) in [4.78, 5) is 18.7. The van der Waals surface area contributed by atoms with E-state index in [1.54, 1.807) is 6.20 Å². The van der Waals surface area contributed by atoms with Gasteiger partial charge in [-0.3, -0.25) is 4.79 Å². The zero-order valence-electron chi connectivity index (χ0n) is 36.7. The average Bonchev–Trinajstić information content (AvgIpc) is 3.26. The standard InChI is InChI=1S/C29H20N.C17H12N.C11H20O2.Ir/c1-18-15-19(2)17-21(16-18)29-28-12-11-25-24-8-7-20-5-3-4-6-22(20)23(24)9-10-26(25)27(28)13-14-30-29;1-2-7-14(8-3-1)15-9-6-10-16(13-15)17-11-4-5-12-18-17;1-10(2,3)8(12)7-9(13)11(4,5)6;/h3-16H,1-2H3;1-9,11-13H;7,12H,1-6H3;/q2*-1;;-3/p+1/b;;8-7-;. The van der Waals surface area contributed by atoms with Crippen LogP contribution in [0.15, 0.2) is 170 Å². The van der Waals surface area contributed by atoms with Crippen molar-refractivity contribution < 1.29 is 30.0 Å². The smallest absolute Gasteiger partial charge is 0.325 e. The van der Waals surface area contributed by atoms with Crippen LogP contribution in [0.25, 0.3) is 76.7 Å². The number of aliphatic hydroxyl groups excluding tert-OH is 1. The van der Waals surface area contributed by atoms with Gasteiger partial charge in [0.2, 0.25) is 0 Å². The van der Waals surface area contributed by atoms with Gasteiger partial charge in [-0.15, -0.1) is 70.3 Å². The minimum atomic E-state index is -0.306. The van der Waals surface area contributed by atoms with E-state index in [9.17, 15) is 9.90 Å². The van der Waals surface area contributed by atoms with E-state index in [0.29, 0.717) is 0 Å². The van der Waals surface area contributed by atoms with E-state index in [-0.39, 0.29) is 42.5 Å². The molecule has 0 atom stereocenters. The first-order valence-electron chi connectivity index (χ1n) is 20.8. The number of rotatable bonds is 4. The number of allylic oxidation sites excluding steroid dienone is 2. The molecule has 0 bridgehead atoms. The molecule has 0 amide bonds. The molecule has 0 saturated heterocycles. The van der Waals surface area contributed by atoms with Gasteiger partial charge in [-0.1, -0.05) is 138 Å². The number of pyridine rings is 2. The topological polar surface area (TPSA) is 67.4 Å². The van der Waals surface area contributed by atoms with Crippen LogP contribution >= 0.6 is 0 Å². The summed E-state index contributed by atoms with van der Waals surface area (Å²) in [5, 5.41) is 19.7. The Balaban J connectivity index is 0.000000172. The molecule has 9 aromatic rings. The minimum Gasteiger partial charge on any atom is -3.00 e. The molecular weight excluding hydrogens is 937 g/mol. The van der Waals surface area contributed by atoms with Crippen LogP contribution in [0.1, 0.15) is 52.7 Å². The third-order valence-electron chi connectivity index (χ3n) is 10.7. The monoisotopic (exact) mass is 990 g/mol. The van der Waals surface area contributed by atoms with Gasteiger partial charge in [0.1, 0.15) is 5.76 Å². The van der Waals surface area contributed by atoms with Gasteiger partial charge in [-0.05, 0) is 92.9 Å². The Kier molecular flexibility index (Phi) is 14.0. The van der Waals surface area contributed by atoms with Gasteiger partial charge in [0.05, 0.1) is 11.5 Å². The SMILES string of the molecule is CC(C)(C)C(=[OH+])/C=C(\O)C(C)(C)C.Cc1[c-]c(-c2nccc3c2ccc2c3ccc3c4ccccc4ccc32)cc(C)c1.[Ir-3].[c-]1ccc(-c2ccccc2)cc1-c1ccccn1. The number of aliphatic hydroxyl groups is 1. The number of benzene rings is 7. The zero-order valence-corrected chi connectivity index (χ0v) is 39.1. The molecule has 0 spiro atoms. The summed E-state index contributed by atoms with van der Waals surface area (Å²) in [7, 11) is 0. The molecule has 5 heteroatoms. The van der Waals surface area contributed by atoms with Crippen LogP contribution in [0, 0.1) is 36.8 Å². The van der Waals surface area contributed by atoms with Crippen LogP contribution in [-0.4, -0.2) is 25.7 Å². The van der Waals surface area contributed by atoms with Crippen molar-refractivity contribution in [2.75, 3.05) is 0 Å². The molecule has 0 aliphatic heterocycles. The van der Waals surface area contributed by atoms with Gasteiger partial charge in [0.15, 0.2) is 0 Å². The molecule has 2 heterocycles. The van der Waals surface area contributed by atoms with Gasteiger partial charge in [0.25, 0.3) is 0 Å². The molecule has 0 fully saturated rings. The summed E-state index contributed by atoms with van der Waals surface area (Å²) in [6.45, 7) is 15.6. The predicted molar refractivity (Wildman–Crippen MR) is 259 cm³/mol. The first kappa shape index (κ1) is 45.3. The van der Waals surface area contributed by atoms with Gasteiger partial charge >= 0.3 is 5.78 Å². The number of hydrogen-bond acceptors (Lipinski definition) is 3. The van der Waals surface area contributed by atoms with Crippen LogP contribution in [0.3, 0.4) is 0 Å². The molecule has 0 saturated carbocycles. The van der Waals surface area contributed by atoms with Crippen LogP contribution < -0.4 is 0 Å². The normalized spacial score (nSPS) is 11.6. The summed E-state index contributed by atoms with van der Waals surface area (Å²) in [6, 6.07) is 57.7. The van der Waals surface area contributed by atoms with Crippen molar-refractivity contribution in [2.24, 2.45) is 10.8 Å². The number of nitrogens with zero attached hydrogens (tertiary/aromatic N) is 2. The third kappa shape index (κ3) is 10.4. The molecule has 62 heavy (non-hydrogen) atoms. The molecule has 7 aromatic carbocycles. The van der Waals surface area contributed by atoms with Crippen molar-refractivity contribution in [3.05, 3.63) is 193 Å². The van der Waals surface area contributed by atoms with Gasteiger partial charge in [0, 0.05) is 17.8 Å². The van der Waals surface area contributed by atoms with Crippen LogP contribution in [0.5, 0.6) is 0 Å². The second-order valence-corrected chi connectivity index (χ2v) is 17.6. The summed E-state index contributed by atoms with van der Waals surface area (Å²) in [6.07, 6.45) is 5.17. The molecule has 0 aliphatic carbocycles. The Bertz CT molecular complexity index is 2960. The molecule has 2 N–H and O–H groups in total. The second-order valence-electron chi connectivity index (χ2n) is 17.6. The van der Waals surface area contributed by atoms with Crippen LogP contribution in [0.4, 0.5) is 0 Å². The van der Waals surface area contributed by atoms with Crippen molar-refractivity contribution in [1.82, 2.24) is 9.97 Å². The Labute approximate surface area is 379 Å². The van der Waals surface area contributed by atoms with Crippen molar-refractivity contribution in [3.8, 4) is 33.6 Å². The van der Waals surface area contributed by atoms with Gasteiger partial charge in [-0.2, -0.15) is 0 Å². The summed E-state index contributed by atoms with van der Waals surface area (Å²) >= 11 is 0. The molecule has 9 rings (SSSR count). The van der Waals surface area contributed by atoms with Gasteiger partial charge in [-0.25, -0.2) is 0 Å². The second kappa shape index (κ2) is 19.2. The minimum absolute atomic E-state index is 0. The van der Waals surface area contributed by atoms with E-state index in [4.69, 9.17) is 4.98 Å². The Morgan fingerprint density at radius 3 is 1.82 bits per heavy atom. The summed E-state index contributed by atoms with van der Waals surface area (Å²) in [5.74, 6) is 0.417. The maximum Gasteiger partial charge on any atom is 0.325 e. The number of fused-ring (bicyclic) bond motifs is 7. The zero-order chi connectivity index (χ0) is 43.3. The number of ketones is 1. The molecular formula is C57H53IrN2O2-4. The Morgan fingerprint density at radius 2 is 1.18 bits per heavy atom. The Hall–Kier alpha value is -6.26. The first-order chi connectivity index (χ1) is 29.2. The van der Waals surface area contributed by atoms with E-state index in [1.807, 2.05) is 90.2 Å². The number of aryl methyl sites for hydroxylation is 2. The number of aromatic nitrogens is 2. The van der Waals surface area contributed by atoms with Crippen molar-refractivity contribution in [3.63, 3.8) is 0 Å². The molecule has 0 unspecified atom stereocenters. The van der Waals surface area contributed by atoms with E-state index in [0.717, 1.165) is 28.1 Å². The molecule has 2 aromatic heterocycles. The number of carbonyl (C=O) groups excluding carboxylic acids is 1. The molecule has 0 radical (unpaired) electrons. The maximum atomic E-state index is 9.60. The van der Waals surface area contributed by atoms with Crippen molar-refractivity contribution in [1.29, 1.82) is 0 Å². The maximum absolute atomic E-state index is 9.60.